The topological polar surface area (TPSA) is 80.8 Å². The number of benzene rings is 1. The normalized spacial score (nSPS) is 15.4. The minimum atomic E-state index is -3.18. The summed E-state index contributed by atoms with van der Waals surface area (Å²) < 4.78 is 41.0. The number of anilines is 1. The molecule has 0 saturated heterocycles. The Bertz CT molecular complexity index is 1070. The molecule has 3 rings (SSSR count). The maximum atomic E-state index is 15.1. The number of hydrogen-bond donors (Lipinski definition) is 1. The SMILES string of the molecule is [CH2]CC(F)(F)[C@@H](C[C@H](C)NC(=O)OCc1ccccc1)c1ccc2c(n1)N(C(=O)OC(C)(C)C)CCC2. The van der Waals surface area contributed by atoms with E-state index in [9.17, 15) is 9.59 Å². The molecule has 1 aromatic heterocycles. The van der Waals surface area contributed by atoms with Crippen LogP contribution in [0.1, 0.15) is 69.7 Å². The minimum Gasteiger partial charge on any atom is -0.445 e. The lowest BCUT2D eigenvalue weighted by molar-refractivity contribution is -0.0315. The monoisotopic (exact) mass is 516 g/mol. The van der Waals surface area contributed by atoms with Crippen molar-refractivity contribution in [2.75, 3.05) is 11.4 Å². The molecule has 7 nitrogen and oxygen atoms in total. The van der Waals surface area contributed by atoms with Crippen molar-refractivity contribution in [3.8, 4) is 0 Å². The number of nitrogens with one attached hydrogen (secondary N) is 1. The molecule has 9 heteroatoms. The Morgan fingerprint density at radius 3 is 2.51 bits per heavy atom. The van der Waals surface area contributed by atoms with Gasteiger partial charge in [-0.3, -0.25) is 4.90 Å². The summed E-state index contributed by atoms with van der Waals surface area (Å²) in [5.41, 5.74) is 1.05. The van der Waals surface area contributed by atoms with Crippen LogP contribution in [0.3, 0.4) is 0 Å². The van der Waals surface area contributed by atoms with Gasteiger partial charge in [-0.1, -0.05) is 36.4 Å². The van der Waals surface area contributed by atoms with E-state index >= 15 is 8.78 Å². The lowest BCUT2D eigenvalue weighted by atomic mass is 9.88. The predicted octanol–water partition coefficient (Wildman–Crippen LogP) is 6.42. The van der Waals surface area contributed by atoms with E-state index in [0.717, 1.165) is 17.5 Å². The van der Waals surface area contributed by atoms with Crippen molar-refractivity contribution in [2.45, 2.75) is 83.5 Å². The summed E-state index contributed by atoms with van der Waals surface area (Å²) >= 11 is 0. The zero-order chi connectivity index (χ0) is 27.2. The van der Waals surface area contributed by atoms with Gasteiger partial charge in [0.25, 0.3) is 5.92 Å². The van der Waals surface area contributed by atoms with Crippen LogP contribution in [0.2, 0.25) is 0 Å². The van der Waals surface area contributed by atoms with Crippen LogP contribution >= 0.6 is 0 Å². The highest BCUT2D eigenvalue weighted by Crippen LogP contribution is 2.40. The second kappa shape index (κ2) is 11.9. The van der Waals surface area contributed by atoms with Crippen molar-refractivity contribution in [2.24, 2.45) is 0 Å². The number of aromatic nitrogens is 1. The third-order valence-electron chi connectivity index (χ3n) is 6.04. The molecule has 2 heterocycles. The summed E-state index contributed by atoms with van der Waals surface area (Å²) in [5, 5.41) is 2.63. The molecule has 1 radical (unpaired) electrons. The van der Waals surface area contributed by atoms with Gasteiger partial charge in [-0.05, 0) is 71.1 Å². The van der Waals surface area contributed by atoms with E-state index in [4.69, 9.17) is 9.47 Å². The fourth-order valence-electron chi connectivity index (χ4n) is 4.21. The molecule has 1 N–H and O–H groups in total. The van der Waals surface area contributed by atoms with Gasteiger partial charge in [0.15, 0.2) is 0 Å². The zero-order valence-corrected chi connectivity index (χ0v) is 21.9. The van der Waals surface area contributed by atoms with Crippen LogP contribution in [0, 0.1) is 6.92 Å². The number of alkyl carbamates (subject to hydrolysis) is 1. The first-order valence-electron chi connectivity index (χ1n) is 12.5. The van der Waals surface area contributed by atoms with Crippen molar-refractivity contribution < 1.29 is 27.8 Å². The van der Waals surface area contributed by atoms with E-state index in [1.807, 2.05) is 30.3 Å². The summed E-state index contributed by atoms with van der Waals surface area (Å²) in [5.74, 6) is -4.18. The molecule has 0 unspecified atom stereocenters. The maximum absolute atomic E-state index is 15.1. The first-order chi connectivity index (χ1) is 17.4. The summed E-state index contributed by atoms with van der Waals surface area (Å²) in [6, 6.07) is 11.9. The molecule has 0 aliphatic carbocycles. The number of amides is 2. The standard InChI is InChI=1S/C28H36F2N3O4/c1-6-28(29,30)22(17-19(2)31-25(34)36-18-20-11-8-7-9-12-20)23-15-14-21-13-10-16-33(24(21)32-23)26(35)37-27(3,4)5/h7-9,11-12,14-15,19,22H,1,6,10,13,16-18H2,2-5H3,(H,31,34)/t19-,22-/m0/s1. The highest BCUT2D eigenvalue weighted by molar-refractivity contribution is 5.88. The Balaban J connectivity index is 1.77. The fourth-order valence-corrected chi connectivity index (χ4v) is 4.21. The molecule has 0 saturated carbocycles. The number of nitrogens with zero attached hydrogens (tertiary/aromatic N) is 2. The molecule has 1 aliphatic heterocycles. The molecule has 2 atom stereocenters. The number of rotatable bonds is 8. The molecule has 201 valence electrons. The average molecular weight is 517 g/mol. The summed E-state index contributed by atoms with van der Waals surface area (Å²) in [4.78, 5) is 31.1. The Hall–Kier alpha value is -3.23. The number of carbonyl (C=O) groups excluding carboxylic acids is 2. The largest absolute Gasteiger partial charge is 0.445 e. The second-order valence-corrected chi connectivity index (χ2v) is 10.4. The Morgan fingerprint density at radius 2 is 1.86 bits per heavy atom. The van der Waals surface area contributed by atoms with Gasteiger partial charge >= 0.3 is 12.2 Å². The molecule has 37 heavy (non-hydrogen) atoms. The third-order valence-corrected chi connectivity index (χ3v) is 6.04. The lowest BCUT2D eigenvalue weighted by Crippen LogP contribution is -2.41. The smallest absolute Gasteiger partial charge is 0.416 e. The molecular formula is C28H36F2N3O4. The Labute approximate surface area is 217 Å². The predicted molar refractivity (Wildman–Crippen MR) is 138 cm³/mol. The van der Waals surface area contributed by atoms with Gasteiger partial charge in [0, 0.05) is 19.0 Å². The number of alkyl halides is 2. The van der Waals surface area contributed by atoms with Crippen LogP contribution in [0.4, 0.5) is 24.2 Å². The van der Waals surface area contributed by atoms with Gasteiger partial charge in [0.1, 0.15) is 18.0 Å². The van der Waals surface area contributed by atoms with Crippen LogP contribution in [-0.4, -0.2) is 41.3 Å². The van der Waals surface area contributed by atoms with Crippen molar-refractivity contribution in [1.82, 2.24) is 10.3 Å². The number of halogens is 2. The quantitative estimate of drug-likeness (QED) is 0.438. The van der Waals surface area contributed by atoms with Gasteiger partial charge in [-0.2, -0.15) is 0 Å². The highest BCUT2D eigenvalue weighted by Gasteiger charge is 2.41. The average Bonchev–Trinajstić information content (AvgIpc) is 2.85. The summed E-state index contributed by atoms with van der Waals surface area (Å²) in [7, 11) is 0. The number of hydrogen-bond acceptors (Lipinski definition) is 5. The van der Waals surface area contributed by atoms with E-state index in [-0.39, 0.29) is 18.7 Å². The molecule has 0 fully saturated rings. The highest BCUT2D eigenvalue weighted by atomic mass is 19.3. The van der Waals surface area contributed by atoms with E-state index in [2.05, 4.69) is 17.2 Å². The number of aryl methyl sites for hydroxylation is 1. The molecule has 0 spiro atoms. The molecule has 1 aliphatic rings. The third kappa shape index (κ3) is 7.87. The molecule has 0 bridgehead atoms. The molecule has 1 aromatic carbocycles. The van der Waals surface area contributed by atoms with Crippen LogP contribution < -0.4 is 10.2 Å². The van der Waals surface area contributed by atoms with Crippen LogP contribution in [-0.2, 0) is 22.5 Å². The van der Waals surface area contributed by atoms with E-state index < -0.39 is 42.1 Å². The first kappa shape index (κ1) is 28.3. The van der Waals surface area contributed by atoms with E-state index in [1.54, 1.807) is 39.8 Å². The second-order valence-electron chi connectivity index (χ2n) is 10.4. The van der Waals surface area contributed by atoms with Crippen LogP contribution in [0.25, 0.3) is 0 Å². The van der Waals surface area contributed by atoms with Crippen LogP contribution in [0.15, 0.2) is 42.5 Å². The number of ether oxygens (including phenoxy) is 2. The van der Waals surface area contributed by atoms with Crippen molar-refractivity contribution in [3.63, 3.8) is 0 Å². The van der Waals surface area contributed by atoms with Gasteiger partial charge in [-0.15, -0.1) is 0 Å². The Kier molecular flexibility index (Phi) is 9.10. The first-order valence-corrected chi connectivity index (χ1v) is 12.5. The van der Waals surface area contributed by atoms with Gasteiger partial charge < -0.3 is 14.8 Å². The fraction of sp³-hybridized carbons (Fsp3) is 0.500. The minimum absolute atomic E-state index is 0.0741. The van der Waals surface area contributed by atoms with E-state index in [0.29, 0.717) is 18.8 Å². The van der Waals surface area contributed by atoms with Gasteiger partial charge in [0.2, 0.25) is 0 Å². The zero-order valence-electron chi connectivity index (χ0n) is 21.9. The lowest BCUT2D eigenvalue weighted by Gasteiger charge is -2.33. The van der Waals surface area contributed by atoms with Gasteiger partial charge in [-0.25, -0.2) is 23.4 Å². The molecule has 2 amide bonds. The summed E-state index contributed by atoms with van der Waals surface area (Å²) in [6.07, 6.45) is -0.586. The molecule has 2 aromatic rings. The number of carbonyl (C=O) groups is 2. The van der Waals surface area contributed by atoms with Crippen molar-refractivity contribution in [1.29, 1.82) is 0 Å². The van der Waals surface area contributed by atoms with E-state index in [1.165, 1.54) is 4.90 Å². The number of fused-ring (bicyclic) bond motifs is 1. The van der Waals surface area contributed by atoms with Crippen molar-refractivity contribution in [3.05, 3.63) is 66.2 Å². The number of pyridine rings is 1. The summed E-state index contributed by atoms with van der Waals surface area (Å²) in [6.45, 7) is 10.8. The molecular weight excluding hydrogens is 480 g/mol. The van der Waals surface area contributed by atoms with Crippen molar-refractivity contribution >= 4 is 18.0 Å². The van der Waals surface area contributed by atoms with Gasteiger partial charge in [0.05, 0.1) is 11.6 Å². The Morgan fingerprint density at radius 1 is 1.16 bits per heavy atom. The maximum Gasteiger partial charge on any atom is 0.416 e. The van der Waals surface area contributed by atoms with Crippen LogP contribution in [0.5, 0.6) is 0 Å².